The van der Waals surface area contributed by atoms with Gasteiger partial charge in [0.25, 0.3) is 0 Å². The van der Waals surface area contributed by atoms with Crippen LogP contribution in [0.5, 0.6) is 0 Å². The van der Waals surface area contributed by atoms with Crippen molar-refractivity contribution in [3.63, 3.8) is 0 Å². The van der Waals surface area contributed by atoms with E-state index in [1.165, 1.54) is 16.1 Å². The molecule has 0 bridgehead atoms. The van der Waals surface area contributed by atoms with E-state index in [0.29, 0.717) is 0 Å². The first-order valence-corrected chi connectivity index (χ1v) is 7.42. The fourth-order valence-electron chi connectivity index (χ4n) is 2.00. The Kier molecular flexibility index (Phi) is 4.43. The highest BCUT2D eigenvalue weighted by Crippen LogP contribution is 2.25. The Balaban J connectivity index is 2.15. The minimum absolute atomic E-state index is 0.0999. The molecule has 2 aromatic rings. The molecule has 0 aliphatic heterocycles. The summed E-state index contributed by atoms with van der Waals surface area (Å²) >= 11 is 5.23. The van der Waals surface area contributed by atoms with Gasteiger partial charge in [0.15, 0.2) is 0 Å². The summed E-state index contributed by atoms with van der Waals surface area (Å²) in [4.78, 5) is 3.56. The van der Waals surface area contributed by atoms with Crippen LogP contribution in [0.1, 0.15) is 16.0 Å². The predicted octanol–water partition coefficient (Wildman–Crippen LogP) is 3.95. The van der Waals surface area contributed by atoms with Gasteiger partial charge in [-0.1, -0.05) is 12.1 Å². The molecule has 0 aliphatic rings. The fraction of sp³-hybridized carbons (Fsp3) is 0.286. The second-order valence-electron chi connectivity index (χ2n) is 4.37. The van der Waals surface area contributed by atoms with Crippen LogP contribution >= 0.6 is 27.3 Å². The molecule has 4 heteroatoms. The summed E-state index contributed by atoms with van der Waals surface area (Å²) in [5, 5.41) is 11.2. The number of benzene rings is 1. The summed E-state index contributed by atoms with van der Waals surface area (Å²) in [5.41, 5.74) is 3.36. The van der Waals surface area contributed by atoms with Crippen molar-refractivity contribution in [3.05, 3.63) is 50.1 Å². The van der Waals surface area contributed by atoms with E-state index in [1.807, 2.05) is 12.1 Å². The molecule has 1 heterocycles. The number of thiophene rings is 1. The molecular formula is C14H16BrNOS. The van der Waals surface area contributed by atoms with Crippen LogP contribution in [0.15, 0.2) is 34.1 Å². The third-order valence-corrected chi connectivity index (χ3v) is 4.55. The molecule has 2 rings (SSSR count). The molecule has 1 N–H and O–H groups in total. The number of nitrogens with zero attached hydrogens (tertiary/aromatic N) is 1. The van der Waals surface area contributed by atoms with Gasteiger partial charge in [-0.25, -0.2) is 0 Å². The van der Waals surface area contributed by atoms with Crippen molar-refractivity contribution in [3.8, 4) is 0 Å². The molecule has 96 valence electrons. The van der Waals surface area contributed by atoms with E-state index in [2.05, 4.69) is 52.3 Å². The first-order chi connectivity index (χ1) is 8.60. The predicted molar refractivity (Wildman–Crippen MR) is 81.2 cm³/mol. The number of halogens is 1. The van der Waals surface area contributed by atoms with Gasteiger partial charge in [-0.05, 0) is 46.1 Å². The van der Waals surface area contributed by atoms with Crippen LogP contribution in [-0.4, -0.2) is 12.2 Å². The van der Waals surface area contributed by atoms with Crippen LogP contribution in [0.25, 0.3) is 0 Å². The van der Waals surface area contributed by atoms with E-state index in [4.69, 9.17) is 5.11 Å². The van der Waals surface area contributed by atoms with Gasteiger partial charge in [-0.15, -0.1) is 11.3 Å². The molecule has 2 nitrogen and oxygen atoms in total. The van der Waals surface area contributed by atoms with Crippen LogP contribution in [-0.2, 0) is 13.2 Å². The fourth-order valence-corrected chi connectivity index (χ4v) is 3.50. The lowest BCUT2D eigenvalue weighted by Crippen LogP contribution is -2.16. The number of aliphatic hydroxyl groups excluding tert-OH is 1. The van der Waals surface area contributed by atoms with Gasteiger partial charge in [-0.2, -0.15) is 0 Å². The maximum atomic E-state index is 9.11. The molecule has 0 unspecified atom stereocenters. The van der Waals surface area contributed by atoms with Crippen LogP contribution in [0.3, 0.4) is 0 Å². The normalized spacial score (nSPS) is 10.7. The molecule has 0 fully saturated rings. The Morgan fingerprint density at radius 2 is 2.11 bits per heavy atom. The maximum Gasteiger partial charge on any atom is 0.0681 e. The SMILES string of the molecule is Cc1cc(CO)ccc1N(C)Cc1cc(Br)cs1. The summed E-state index contributed by atoms with van der Waals surface area (Å²) < 4.78 is 1.14. The average molecular weight is 326 g/mol. The van der Waals surface area contributed by atoms with Gasteiger partial charge in [0, 0.05) is 27.5 Å². The second-order valence-corrected chi connectivity index (χ2v) is 6.28. The zero-order valence-electron chi connectivity index (χ0n) is 10.5. The third kappa shape index (κ3) is 3.13. The minimum Gasteiger partial charge on any atom is -0.392 e. The first-order valence-electron chi connectivity index (χ1n) is 5.74. The molecular weight excluding hydrogens is 310 g/mol. The number of hydrogen-bond acceptors (Lipinski definition) is 3. The van der Waals surface area contributed by atoms with Crippen molar-refractivity contribution >= 4 is 33.0 Å². The molecule has 0 atom stereocenters. The van der Waals surface area contributed by atoms with Gasteiger partial charge in [0.05, 0.1) is 13.2 Å². The number of aryl methyl sites for hydroxylation is 1. The number of anilines is 1. The van der Waals surface area contributed by atoms with Crippen molar-refractivity contribution in [2.75, 3.05) is 11.9 Å². The van der Waals surface area contributed by atoms with E-state index in [1.54, 1.807) is 11.3 Å². The number of rotatable bonds is 4. The highest BCUT2D eigenvalue weighted by molar-refractivity contribution is 9.10. The molecule has 0 amide bonds. The number of hydrogen-bond donors (Lipinski definition) is 1. The van der Waals surface area contributed by atoms with Gasteiger partial charge in [-0.3, -0.25) is 0 Å². The zero-order valence-corrected chi connectivity index (χ0v) is 12.9. The molecule has 0 saturated heterocycles. The molecule has 0 aliphatic carbocycles. The smallest absolute Gasteiger partial charge is 0.0681 e. The standard InChI is InChI=1S/C14H16BrNOS/c1-10-5-11(8-17)3-4-14(10)16(2)7-13-6-12(15)9-18-13/h3-6,9,17H,7-8H2,1-2H3. The summed E-state index contributed by atoms with van der Waals surface area (Å²) in [5.74, 6) is 0. The molecule has 1 aromatic heterocycles. The number of aliphatic hydroxyl groups is 1. The summed E-state index contributed by atoms with van der Waals surface area (Å²) in [6.07, 6.45) is 0. The van der Waals surface area contributed by atoms with Crippen molar-refractivity contribution < 1.29 is 5.11 Å². The first kappa shape index (κ1) is 13.6. The lowest BCUT2D eigenvalue weighted by Gasteiger charge is -2.21. The third-order valence-electron chi connectivity index (χ3n) is 2.87. The van der Waals surface area contributed by atoms with Crippen LogP contribution < -0.4 is 4.90 Å². The summed E-state index contributed by atoms with van der Waals surface area (Å²) in [6.45, 7) is 3.08. The molecule has 0 saturated carbocycles. The molecule has 1 aromatic carbocycles. The lowest BCUT2D eigenvalue weighted by molar-refractivity contribution is 0.282. The van der Waals surface area contributed by atoms with Crippen LogP contribution in [0.2, 0.25) is 0 Å². The average Bonchev–Trinajstić information content (AvgIpc) is 2.74. The Morgan fingerprint density at radius 3 is 2.67 bits per heavy atom. The monoisotopic (exact) mass is 325 g/mol. The van der Waals surface area contributed by atoms with Crippen molar-refractivity contribution in [2.24, 2.45) is 0 Å². The van der Waals surface area contributed by atoms with Gasteiger partial charge in [0.1, 0.15) is 0 Å². The minimum atomic E-state index is 0.0999. The lowest BCUT2D eigenvalue weighted by atomic mass is 10.1. The Morgan fingerprint density at radius 1 is 1.33 bits per heavy atom. The Labute approximate surface area is 120 Å². The van der Waals surface area contributed by atoms with Gasteiger partial charge in [0.2, 0.25) is 0 Å². The highest BCUT2D eigenvalue weighted by Gasteiger charge is 2.07. The van der Waals surface area contributed by atoms with E-state index in [9.17, 15) is 0 Å². The highest BCUT2D eigenvalue weighted by atomic mass is 79.9. The van der Waals surface area contributed by atoms with E-state index in [0.717, 1.165) is 16.6 Å². The molecule has 0 spiro atoms. The molecule has 0 radical (unpaired) electrons. The van der Waals surface area contributed by atoms with E-state index < -0.39 is 0 Å². The largest absolute Gasteiger partial charge is 0.392 e. The van der Waals surface area contributed by atoms with Crippen molar-refractivity contribution in [1.29, 1.82) is 0 Å². The van der Waals surface area contributed by atoms with E-state index in [-0.39, 0.29) is 6.61 Å². The van der Waals surface area contributed by atoms with Gasteiger partial charge >= 0.3 is 0 Å². The quantitative estimate of drug-likeness (QED) is 0.920. The summed E-state index contributed by atoms with van der Waals surface area (Å²) in [7, 11) is 2.09. The Bertz CT molecular complexity index is 538. The van der Waals surface area contributed by atoms with Gasteiger partial charge < -0.3 is 10.0 Å². The molecule has 18 heavy (non-hydrogen) atoms. The van der Waals surface area contributed by atoms with E-state index >= 15 is 0 Å². The van der Waals surface area contributed by atoms with Crippen LogP contribution in [0, 0.1) is 6.92 Å². The topological polar surface area (TPSA) is 23.5 Å². The second kappa shape index (κ2) is 5.87. The van der Waals surface area contributed by atoms with Crippen molar-refractivity contribution in [2.45, 2.75) is 20.1 Å². The summed E-state index contributed by atoms with van der Waals surface area (Å²) in [6, 6.07) is 8.24. The van der Waals surface area contributed by atoms with Crippen molar-refractivity contribution in [1.82, 2.24) is 0 Å². The Hall–Kier alpha value is -0.840. The maximum absolute atomic E-state index is 9.11. The zero-order chi connectivity index (χ0) is 13.1. The van der Waals surface area contributed by atoms with Crippen LogP contribution in [0.4, 0.5) is 5.69 Å².